The molecule has 0 aliphatic carbocycles. The van der Waals surface area contributed by atoms with Gasteiger partial charge in [-0.3, -0.25) is 14.5 Å². The summed E-state index contributed by atoms with van der Waals surface area (Å²) in [4.78, 5) is 32.3. The number of aliphatic hydroxyl groups excluding tert-OH is 1. The van der Waals surface area contributed by atoms with Crippen LogP contribution in [0.1, 0.15) is 17.2 Å². The zero-order valence-corrected chi connectivity index (χ0v) is 18.4. The number of Topliss-reactive ketones (excluding diaryl/α,β-unsaturated/α-hetero) is 1. The number of amides is 1. The van der Waals surface area contributed by atoms with Gasteiger partial charge < -0.3 is 5.11 Å². The molecule has 2 heterocycles. The van der Waals surface area contributed by atoms with Crippen molar-refractivity contribution in [1.82, 2.24) is 4.98 Å². The molecular weight excluding hydrogens is 476 g/mol. The van der Waals surface area contributed by atoms with Crippen LogP contribution in [-0.2, 0) is 9.59 Å². The van der Waals surface area contributed by atoms with E-state index in [0.717, 1.165) is 20.3 Å². The van der Waals surface area contributed by atoms with Gasteiger partial charge in [-0.15, -0.1) is 0 Å². The van der Waals surface area contributed by atoms with Crippen molar-refractivity contribution in [3.63, 3.8) is 0 Å². The van der Waals surface area contributed by atoms with Crippen molar-refractivity contribution in [3.05, 3.63) is 100 Å². The molecule has 0 spiro atoms. The predicted octanol–water partition coefficient (Wildman–Crippen LogP) is 5.69. The van der Waals surface area contributed by atoms with Crippen molar-refractivity contribution in [2.75, 3.05) is 4.90 Å². The molecule has 0 radical (unpaired) electrons. The van der Waals surface area contributed by atoms with E-state index in [-0.39, 0.29) is 11.3 Å². The molecule has 3 aromatic carbocycles. The van der Waals surface area contributed by atoms with Gasteiger partial charge in [0.1, 0.15) is 5.76 Å². The van der Waals surface area contributed by atoms with E-state index >= 15 is 0 Å². The maximum absolute atomic E-state index is 13.2. The summed E-state index contributed by atoms with van der Waals surface area (Å²) >= 11 is 4.78. The number of rotatable bonds is 3. The average Bonchev–Trinajstić information content (AvgIpc) is 3.32. The van der Waals surface area contributed by atoms with Gasteiger partial charge in [-0.1, -0.05) is 87.9 Å². The molecule has 1 N–H and O–H groups in total. The Morgan fingerprint density at radius 2 is 1.65 bits per heavy atom. The van der Waals surface area contributed by atoms with Gasteiger partial charge in [-0.25, -0.2) is 4.98 Å². The maximum atomic E-state index is 13.2. The van der Waals surface area contributed by atoms with Crippen LogP contribution in [0, 0.1) is 0 Å². The van der Waals surface area contributed by atoms with Gasteiger partial charge >= 0.3 is 5.91 Å². The highest BCUT2D eigenvalue weighted by Gasteiger charge is 2.48. The van der Waals surface area contributed by atoms with Gasteiger partial charge in [0, 0.05) is 10.0 Å². The first-order valence-corrected chi connectivity index (χ1v) is 11.1. The molecule has 0 bridgehead atoms. The Hall–Kier alpha value is -3.29. The van der Waals surface area contributed by atoms with Gasteiger partial charge in [-0.2, -0.15) is 0 Å². The highest BCUT2D eigenvalue weighted by atomic mass is 79.9. The molecule has 5 nitrogen and oxygen atoms in total. The molecular formula is C24H15BrN2O3S. The molecule has 1 atom stereocenters. The molecule has 31 heavy (non-hydrogen) atoms. The zero-order valence-electron chi connectivity index (χ0n) is 16.0. The lowest BCUT2D eigenvalue weighted by Gasteiger charge is -2.22. The van der Waals surface area contributed by atoms with Crippen molar-refractivity contribution < 1.29 is 14.7 Å². The fourth-order valence-corrected chi connectivity index (χ4v) is 5.27. The van der Waals surface area contributed by atoms with E-state index < -0.39 is 17.7 Å². The first-order valence-electron chi connectivity index (χ1n) is 9.52. The fraction of sp³-hybridized carbons (Fsp3) is 0.0417. The monoisotopic (exact) mass is 490 g/mol. The Morgan fingerprint density at radius 1 is 0.968 bits per heavy atom. The first-order chi connectivity index (χ1) is 15.0. The Bertz CT molecular complexity index is 1350. The van der Waals surface area contributed by atoms with Gasteiger partial charge in [0.15, 0.2) is 5.13 Å². The summed E-state index contributed by atoms with van der Waals surface area (Å²) in [6.45, 7) is 0. The lowest BCUT2D eigenvalue weighted by Crippen LogP contribution is -2.29. The topological polar surface area (TPSA) is 70.5 Å². The first kappa shape index (κ1) is 19.7. The number of ketones is 1. The van der Waals surface area contributed by atoms with E-state index in [1.807, 2.05) is 54.6 Å². The van der Waals surface area contributed by atoms with Crippen LogP contribution in [0.5, 0.6) is 0 Å². The van der Waals surface area contributed by atoms with Crippen molar-refractivity contribution >= 4 is 60.1 Å². The molecule has 1 aromatic heterocycles. The molecule has 0 unspecified atom stereocenters. The fourth-order valence-electron chi connectivity index (χ4n) is 3.72. The van der Waals surface area contributed by atoms with E-state index in [1.165, 1.54) is 16.2 Å². The third-order valence-corrected chi connectivity index (χ3v) is 6.66. The number of anilines is 1. The second-order valence-corrected chi connectivity index (χ2v) is 8.98. The van der Waals surface area contributed by atoms with Gasteiger partial charge in [0.05, 0.1) is 21.8 Å². The molecule has 5 rings (SSSR count). The van der Waals surface area contributed by atoms with Crippen LogP contribution in [0.4, 0.5) is 5.13 Å². The molecule has 152 valence electrons. The van der Waals surface area contributed by atoms with Crippen LogP contribution in [0.2, 0.25) is 0 Å². The quantitative estimate of drug-likeness (QED) is 0.227. The molecule has 1 aliphatic heterocycles. The molecule has 0 saturated carbocycles. The summed E-state index contributed by atoms with van der Waals surface area (Å²) in [5, 5.41) is 11.5. The summed E-state index contributed by atoms with van der Waals surface area (Å²) in [5.74, 6) is -1.63. The number of aromatic nitrogens is 1. The Labute approximate surface area is 190 Å². The zero-order chi connectivity index (χ0) is 21.5. The van der Waals surface area contributed by atoms with Crippen LogP contribution in [0.15, 0.2) is 88.9 Å². The van der Waals surface area contributed by atoms with E-state index in [1.54, 1.807) is 24.3 Å². The summed E-state index contributed by atoms with van der Waals surface area (Å²) in [6.07, 6.45) is 0. The van der Waals surface area contributed by atoms with Crippen LogP contribution < -0.4 is 4.90 Å². The molecule has 1 saturated heterocycles. The summed E-state index contributed by atoms with van der Waals surface area (Å²) in [5.41, 5.74) is 2.00. The van der Waals surface area contributed by atoms with Crippen molar-refractivity contribution in [1.29, 1.82) is 0 Å². The Kier molecular flexibility index (Phi) is 4.92. The standard InChI is InChI=1S/C24H15BrN2O3S/c25-16-11-12-17-18(13-16)31-24(26-17)27-20(14-7-3-1-4-8-14)19(22(29)23(27)30)21(28)15-9-5-2-6-10-15/h1-13,20,28H/b21-19+/t20-/m1/s1. The number of benzene rings is 3. The number of hydrogen-bond acceptors (Lipinski definition) is 5. The number of carbonyl (C=O) groups is 2. The predicted molar refractivity (Wildman–Crippen MR) is 125 cm³/mol. The number of thiazole rings is 1. The smallest absolute Gasteiger partial charge is 0.301 e. The number of carbonyl (C=O) groups excluding carboxylic acids is 2. The highest BCUT2D eigenvalue weighted by molar-refractivity contribution is 9.10. The minimum atomic E-state index is -0.773. The third-order valence-electron chi connectivity index (χ3n) is 5.15. The normalized spacial score (nSPS) is 18.1. The number of nitrogens with zero attached hydrogens (tertiary/aromatic N) is 2. The second kappa shape index (κ2) is 7.76. The van der Waals surface area contributed by atoms with Crippen LogP contribution in [0.3, 0.4) is 0 Å². The van der Waals surface area contributed by atoms with Gasteiger partial charge in [0.2, 0.25) is 0 Å². The number of hydrogen-bond donors (Lipinski definition) is 1. The minimum Gasteiger partial charge on any atom is -0.507 e. The molecule has 1 fully saturated rings. The number of aliphatic hydroxyl groups is 1. The Balaban J connectivity index is 1.73. The van der Waals surface area contributed by atoms with Crippen molar-refractivity contribution in [3.8, 4) is 0 Å². The number of halogens is 1. The Morgan fingerprint density at radius 3 is 2.35 bits per heavy atom. The third kappa shape index (κ3) is 3.36. The minimum absolute atomic E-state index is 0.0582. The summed E-state index contributed by atoms with van der Waals surface area (Å²) in [7, 11) is 0. The molecule has 7 heteroatoms. The van der Waals surface area contributed by atoms with Crippen molar-refractivity contribution in [2.24, 2.45) is 0 Å². The number of fused-ring (bicyclic) bond motifs is 1. The SMILES string of the molecule is O=C1C(=O)N(c2nc3ccc(Br)cc3s2)[C@H](c2ccccc2)/C1=C(\O)c1ccccc1. The lowest BCUT2D eigenvalue weighted by molar-refractivity contribution is -0.132. The molecule has 1 amide bonds. The van der Waals surface area contributed by atoms with Crippen LogP contribution in [0.25, 0.3) is 16.0 Å². The van der Waals surface area contributed by atoms with Crippen LogP contribution in [-0.4, -0.2) is 21.8 Å². The largest absolute Gasteiger partial charge is 0.507 e. The van der Waals surface area contributed by atoms with E-state index in [2.05, 4.69) is 20.9 Å². The van der Waals surface area contributed by atoms with E-state index in [4.69, 9.17) is 0 Å². The van der Waals surface area contributed by atoms with Gasteiger partial charge in [-0.05, 0) is 23.8 Å². The highest BCUT2D eigenvalue weighted by Crippen LogP contribution is 2.44. The second-order valence-electron chi connectivity index (χ2n) is 7.05. The summed E-state index contributed by atoms with van der Waals surface area (Å²) < 4.78 is 1.79. The van der Waals surface area contributed by atoms with E-state index in [0.29, 0.717) is 10.7 Å². The molecule has 1 aliphatic rings. The molecule has 4 aromatic rings. The van der Waals surface area contributed by atoms with E-state index in [9.17, 15) is 14.7 Å². The summed E-state index contributed by atoms with van der Waals surface area (Å²) in [6, 6.07) is 22.9. The van der Waals surface area contributed by atoms with Crippen molar-refractivity contribution in [2.45, 2.75) is 6.04 Å². The lowest BCUT2D eigenvalue weighted by atomic mass is 9.95. The average molecular weight is 491 g/mol. The van der Waals surface area contributed by atoms with Crippen LogP contribution >= 0.6 is 27.3 Å². The van der Waals surface area contributed by atoms with Gasteiger partial charge in [0.25, 0.3) is 5.78 Å². The maximum Gasteiger partial charge on any atom is 0.301 e.